The molecule has 0 unspecified atom stereocenters. The lowest BCUT2D eigenvalue weighted by molar-refractivity contribution is 0.0949. The Kier molecular flexibility index (Phi) is 6.74. The van der Waals surface area contributed by atoms with Crippen LogP contribution in [0, 0.1) is 0 Å². The van der Waals surface area contributed by atoms with Crippen molar-refractivity contribution in [3.63, 3.8) is 0 Å². The fraction of sp³-hybridized carbons (Fsp3) is 0.150. The second-order valence-electron chi connectivity index (χ2n) is 6.01. The number of carbonyl (C=O) groups excluding carboxylic acids is 1. The van der Waals surface area contributed by atoms with Gasteiger partial charge < -0.3 is 9.47 Å². The third-order valence-corrected chi connectivity index (χ3v) is 4.66. The summed E-state index contributed by atoms with van der Waals surface area (Å²) < 4.78 is 12.7. The number of rotatable bonds is 7. The third-order valence-electron chi connectivity index (χ3n) is 3.92. The summed E-state index contributed by atoms with van der Waals surface area (Å²) in [5, 5.41) is 8.86. The van der Waals surface area contributed by atoms with Crippen LogP contribution in [0.2, 0.25) is 10.0 Å². The predicted molar refractivity (Wildman–Crippen MR) is 112 cm³/mol. The number of methoxy groups -OCH3 is 1. The normalized spacial score (nSPS) is 10.9. The molecule has 0 radical (unpaired) electrons. The van der Waals surface area contributed by atoms with Crippen molar-refractivity contribution < 1.29 is 14.3 Å². The monoisotopic (exact) mass is 432 g/mol. The molecular weight excluding hydrogens is 415 g/mol. The van der Waals surface area contributed by atoms with E-state index < -0.39 is 0 Å². The van der Waals surface area contributed by atoms with Crippen LogP contribution >= 0.6 is 23.2 Å². The van der Waals surface area contributed by atoms with Crippen LogP contribution in [0.1, 0.15) is 21.6 Å². The Morgan fingerprint density at radius 2 is 2.03 bits per heavy atom. The maximum atomic E-state index is 11.9. The van der Waals surface area contributed by atoms with Gasteiger partial charge in [0.1, 0.15) is 18.1 Å². The van der Waals surface area contributed by atoms with E-state index in [1.54, 1.807) is 55.4 Å². The van der Waals surface area contributed by atoms with Crippen LogP contribution in [0.15, 0.2) is 53.8 Å². The van der Waals surface area contributed by atoms with E-state index in [0.717, 1.165) is 11.1 Å². The highest BCUT2D eigenvalue weighted by atomic mass is 35.5. The van der Waals surface area contributed by atoms with Crippen LogP contribution in [0.25, 0.3) is 0 Å². The minimum atomic E-state index is -0.388. The highest BCUT2D eigenvalue weighted by molar-refractivity contribution is 6.42. The molecule has 0 fully saturated rings. The lowest BCUT2D eigenvalue weighted by Gasteiger charge is -2.11. The smallest absolute Gasteiger partial charge is 0.291 e. The van der Waals surface area contributed by atoms with Gasteiger partial charge in [0.2, 0.25) is 0 Å². The number of ether oxygens (including phenoxy) is 2. The van der Waals surface area contributed by atoms with Gasteiger partial charge in [0.05, 0.1) is 23.4 Å². The first kappa shape index (κ1) is 20.7. The number of halogens is 2. The number of carbonyl (C=O) groups is 1. The minimum Gasteiger partial charge on any atom is -0.496 e. The van der Waals surface area contributed by atoms with E-state index in [2.05, 4.69) is 15.6 Å². The number of aromatic nitrogens is 2. The summed E-state index contributed by atoms with van der Waals surface area (Å²) >= 11 is 11.9. The zero-order chi connectivity index (χ0) is 20.8. The quantitative estimate of drug-likeness (QED) is 0.450. The Labute approximate surface area is 177 Å². The first-order valence-corrected chi connectivity index (χ1v) is 9.29. The summed E-state index contributed by atoms with van der Waals surface area (Å²) in [6, 6.07) is 12.2. The molecule has 3 aromatic rings. The van der Waals surface area contributed by atoms with Gasteiger partial charge in [0.15, 0.2) is 5.69 Å². The van der Waals surface area contributed by atoms with Crippen LogP contribution in [-0.2, 0) is 13.7 Å². The number of nitrogens with one attached hydrogen (secondary N) is 1. The molecule has 0 saturated carbocycles. The van der Waals surface area contributed by atoms with Gasteiger partial charge in [-0.3, -0.25) is 9.48 Å². The molecule has 150 valence electrons. The SMILES string of the molecule is COc1cc(/C=N\NC(=O)c2ccn(C)n2)ccc1COc1ccc(Cl)c(Cl)c1. The first-order chi connectivity index (χ1) is 14.0. The highest BCUT2D eigenvalue weighted by Gasteiger charge is 2.08. The Hall–Kier alpha value is -3.03. The van der Waals surface area contributed by atoms with Gasteiger partial charge in [0, 0.05) is 24.9 Å². The molecule has 1 N–H and O–H groups in total. The average molecular weight is 433 g/mol. The van der Waals surface area contributed by atoms with Crippen LogP contribution in [0.4, 0.5) is 0 Å². The summed E-state index contributed by atoms with van der Waals surface area (Å²) in [6.45, 7) is 0.287. The molecule has 0 aliphatic rings. The van der Waals surface area contributed by atoms with Crippen molar-refractivity contribution in [1.29, 1.82) is 0 Å². The number of hydrogen-bond acceptors (Lipinski definition) is 5. The van der Waals surface area contributed by atoms with Gasteiger partial charge in [0.25, 0.3) is 5.91 Å². The van der Waals surface area contributed by atoms with Crippen LogP contribution < -0.4 is 14.9 Å². The predicted octanol–water partition coefficient (Wildman–Crippen LogP) is 4.08. The van der Waals surface area contributed by atoms with Gasteiger partial charge in [-0.15, -0.1) is 0 Å². The Morgan fingerprint density at radius 1 is 1.21 bits per heavy atom. The molecule has 0 bridgehead atoms. The zero-order valence-electron chi connectivity index (χ0n) is 15.7. The molecule has 0 spiro atoms. The van der Waals surface area contributed by atoms with E-state index in [0.29, 0.717) is 21.5 Å². The first-order valence-electron chi connectivity index (χ1n) is 8.54. The lowest BCUT2D eigenvalue weighted by atomic mass is 10.1. The third kappa shape index (κ3) is 5.49. The summed E-state index contributed by atoms with van der Waals surface area (Å²) in [7, 11) is 3.31. The molecule has 3 rings (SSSR count). The second-order valence-corrected chi connectivity index (χ2v) is 6.82. The minimum absolute atomic E-state index is 0.287. The molecule has 1 aromatic heterocycles. The highest BCUT2D eigenvalue weighted by Crippen LogP contribution is 2.28. The molecule has 0 aliphatic heterocycles. The van der Waals surface area contributed by atoms with Crippen LogP contribution in [-0.4, -0.2) is 29.0 Å². The van der Waals surface area contributed by atoms with Crippen molar-refractivity contribution in [2.45, 2.75) is 6.61 Å². The second kappa shape index (κ2) is 9.45. The molecule has 7 nitrogen and oxygen atoms in total. The fourth-order valence-electron chi connectivity index (χ4n) is 2.45. The van der Waals surface area contributed by atoms with Crippen LogP contribution in [0.3, 0.4) is 0 Å². The van der Waals surface area contributed by atoms with Gasteiger partial charge >= 0.3 is 0 Å². The number of amides is 1. The average Bonchev–Trinajstić information content (AvgIpc) is 3.15. The fourth-order valence-corrected chi connectivity index (χ4v) is 2.74. The lowest BCUT2D eigenvalue weighted by Crippen LogP contribution is -2.18. The Bertz CT molecular complexity index is 1050. The Balaban J connectivity index is 1.63. The van der Waals surface area contributed by atoms with E-state index >= 15 is 0 Å². The Morgan fingerprint density at radius 3 is 2.72 bits per heavy atom. The molecule has 1 heterocycles. The van der Waals surface area contributed by atoms with Crippen molar-refractivity contribution in [3.8, 4) is 11.5 Å². The van der Waals surface area contributed by atoms with Crippen molar-refractivity contribution in [3.05, 3.63) is 75.5 Å². The summed E-state index contributed by atoms with van der Waals surface area (Å²) in [6.07, 6.45) is 3.20. The van der Waals surface area contributed by atoms with Crippen molar-refractivity contribution in [2.75, 3.05) is 7.11 Å². The standard InChI is InChI=1S/C20H18Cl2N4O3/c1-26-8-7-18(25-26)20(27)24-23-11-13-3-4-14(19(9-13)28-2)12-29-15-5-6-16(21)17(22)10-15/h3-11H,12H2,1-2H3,(H,24,27)/b23-11-. The maximum Gasteiger partial charge on any atom is 0.291 e. The van der Waals surface area contributed by atoms with Gasteiger partial charge in [-0.2, -0.15) is 10.2 Å². The molecule has 0 atom stereocenters. The van der Waals surface area contributed by atoms with E-state index in [1.165, 1.54) is 6.21 Å². The van der Waals surface area contributed by atoms with E-state index in [9.17, 15) is 4.79 Å². The van der Waals surface area contributed by atoms with Crippen molar-refractivity contribution in [2.24, 2.45) is 12.1 Å². The number of hydrogen-bond donors (Lipinski definition) is 1. The zero-order valence-corrected chi connectivity index (χ0v) is 17.2. The number of benzene rings is 2. The summed E-state index contributed by atoms with van der Waals surface area (Å²) in [4.78, 5) is 11.9. The van der Waals surface area contributed by atoms with Gasteiger partial charge in [-0.05, 0) is 29.8 Å². The van der Waals surface area contributed by atoms with Crippen LogP contribution in [0.5, 0.6) is 11.5 Å². The molecule has 1 amide bonds. The van der Waals surface area contributed by atoms with Gasteiger partial charge in [-0.1, -0.05) is 35.3 Å². The summed E-state index contributed by atoms with van der Waals surface area (Å²) in [5.74, 6) is 0.842. The molecule has 29 heavy (non-hydrogen) atoms. The van der Waals surface area contributed by atoms with E-state index in [4.69, 9.17) is 32.7 Å². The van der Waals surface area contributed by atoms with E-state index in [1.807, 2.05) is 12.1 Å². The molecular formula is C20H18Cl2N4O3. The van der Waals surface area contributed by atoms with E-state index in [-0.39, 0.29) is 18.2 Å². The van der Waals surface area contributed by atoms with Crippen molar-refractivity contribution in [1.82, 2.24) is 15.2 Å². The molecule has 0 aliphatic carbocycles. The molecule has 2 aromatic carbocycles. The number of aryl methyl sites for hydroxylation is 1. The number of hydrazone groups is 1. The molecule has 9 heteroatoms. The van der Waals surface area contributed by atoms with Gasteiger partial charge in [-0.25, -0.2) is 5.43 Å². The molecule has 0 saturated heterocycles. The number of nitrogens with zero attached hydrogens (tertiary/aromatic N) is 3. The largest absolute Gasteiger partial charge is 0.496 e. The topological polar surface area (TPSA) is 77.7 Å². The van der Waals surface area contributed by atoms with Crippen molar-refractivity contribution >= 4 is 35.3 Å². The maximum absolute atomic E-state index is 11.9. The summed E-state index contributed by atoms with van der Waals surface area (Å²) in [5.41, 5.74) is 4.32.